The molecule has 0 fully saturated rings. The molecule has 0 aliphatic rings. The van der Waals surface area contributed by atoms with E-state index in [1.807, 2.05) is 7.05 Å². The Hall–Kier alpha value is -0.860. The quantitative estimate of drug-likeness (QED) is 0.801. The van der Waals surface area contributed by atoms with Crippen LogP contribution in [0, 0.1) is 13.8 Å². The maximum absolute atomic E-state index is 5.81. The number of nitrogens with one attached hydrogen (secondary N) is 1. The van der Waals surface area contributed by atoms with Gasteiger partial charge in [0.2, 0.25) is 0 Å². The molecule has 2 nitrogen and oxygen atoms in total. The second-order valence-electron chi connectivity index (χ2n) is 4.92. The Morgan fingerprint density at radius 3 is 2.39 bits per heavy atom. The van der Waals surface area contributed by atoms with E-state index in [2.05, 4.69) is 51.2 Å². The highest BCUT2D eigenvalue weighted by molar-refractivity contribution is 5.30. The lowest BCUT2D eigenvalue weighted by atomic mass is 9.97. The number of ether oxygens (including phenoxy) is 1. The molecule has 0 bridgehead atoms. The van der Waals surface area contributed by atoms with Crippen molar-refractivity contribution in [1.29, 1.82) is 0 Å². The predicted octanol–water partition coefficient (Wildman–Crippen LogP) is 3.25. The molecule has 0 amide bonds. The van der Waals surface area contributed by atoms with Gasteiger partial charge in [0.25, 0.3) is 0 Å². The summed E-state index contributed by atoms with van der Waals surface area (Å²) in [5, 5.41) is 3.40. The average Bonchev–Trinajstić information content (AvgIpc) is 2.37. The Morgan fingerprint density at radius 1 is 1.17 bits per heavy atom. The first kappa shape index (κ1) is 15.2. The van der Waals surface area contributed by atoms with Crippen molar-refractivity contribution in [2.45, 2.75) is 52.7 Å². The van der Waals surface area contributed by atoms with Gasteiger partial charge in [0.15, 0.2) is 0 Å². The van der Waals surface area contributed by atoms with Gasteiger partial charge < -0.3 is 10.1 Å². The van der Waals surface area contributed by atoms with Crippen molar-refractivity contribution in [3.63, 3.8) is 0 Å². The van der Waals surface area contributed by atoms with E-state index in [4.69, 9.17) is 4.74 Å². The number of aryl methyl sites for hydroxylation is 2. The number of benzene rings is 1. The topological polar surface area (TPSA) is 21.3 Å². The molecule has 1 aromatic carbocycles. The molecule has 102 valence electrons. The van der Waals surface area contributed by atoms with E-state index in [0.29, 0.717) is 12.1 Å². The fourth-order valence-electron chi connectivity index (χ4n) is 2.34. The summed E-state index contributed by atoms with van der Waals surface area (Å²) < 4.78 is 5.81. The zero-order chi connectivity index (χ0) is 13.5. The molecule has 1 N–H and O–H groups in total. The molecule has 2 heteroatoms. The minimum Gasteiger partial charge on any atom is -0.377 e. The van der Waals surface area contributed by atoms with E-state index in [1.165, 1.54) is 16.7 Å². The van der Waals surface area contributed by atoms with Gasteiger partial charge in [-0.3, -0.25) is 0 Å². The molecule has 0 heterocycles. The Balaban J connectivity index is 2.74. The van der Waals surface area contributed by atoms with Gasteiger partial charge in [-0.2, -0.15) is 0 Å². The number of likely N-dealkylation sites (N-methyl/N-ethyl adjacent to an activating group) is 1. The van der Waals surface area contributed by atoms with Gasteiger partial charge >= 0.3 is 0 Å². The fourth-order valence-corrected chi connectivity index (χ4v) is 2.34. The molecule has 0 spiro atoms. The smallest absolute Gasteiger partial charge is 0.0728 e. The summed E-state index contributed by atoms with van der Waals surface area (Å²) in [6.07, 6.45) is 2.36. The van der Waals surface area contributed by atoms with E-state index in [0.717, 1.165) is 19.4 Å². The van der Waals surface area contributed by atoms with Crippen molar-refractivity contribution < 1.29 is 4.74 Å². The zero-order valence-corrected chi connectivity index (χ0v) is 12.4. The van der Waals surface area contributed by atoms with E-state index in [9.17, 15) is 0 Å². The number of rotatable bonds is 7. The SMILES string of the molecule is CCOC(CC)C(Cc1ccc(C)c(C)c1)NC. The summed E-state index contributed by atoms with van der Waals surface area (Å²) in [4.78, 5) is 0. The van der Waals surface area contributed by atoms with Crippen LogP contribution in [0.4, 0.5) is 0 Å². The first-order valence-corrected chi connectivity index (χ1v) is 6.97. The van der Waals surface area contributed by atoms with Crippen LogP contribution < -0.4 is 5.32 Å². The third-order valence-electron chi connectivity index (χ3n) is 3.63. The molecule has 0 saturated carbocycles. The summed E-state index contributed by atoms with van der Waals surface area (Å²) >= 11 is 0. The van der Waals surface area contributed by atoms with Crippen molar-refractivity contribution in [2.75, 3.05) is 13.7 Å². The van der Waals surface area contributed by atoms with Gasteiger partial charge in [0, 0.05) is 12.6 Å². The molecule has 2 atom stereocenters. The summed E-state index contributed by atoms with van der Waals surface area (Å²) in [6.45, 7) is 9.36. The minimum absolute atomic E-state index is 0.293. The van der Waals surface area contributed by atoms with Crippen LogP contribution in [0.15, 0.2) is 18.2 Å². The molecule has 0 aliphatic carbocycles. The predicted molar refractivity (Wildman–Crippen MR) is 78.2 cm³/mol. The van der Waals surface area contributed by atoms with Crippen LogP contribution in [-0.2, 0) is 11.2 Å². The van der Waals surface area contributed by atoms with Crippen molar-refractivity contribution in [3.05, 3.63) is 34.9 Å². The summed E-state index contributed by atoms with van der Waals surface area (Å²) in [5.41, 5.74) is 4.11. The molecule has 1 aromatic rings. The van der Waals surface area contributed by atoms with Crippen molar-refractivity contribution in [1.82, 2.24) is 5.32 Å². The van der Waals surface area contributed by atoms with E-state index < -0.39 is 0 Å². The van der Waals surface area contributed by atoms with Gasteiger partial charge in [-0.05, 0) is 57.4 Å². The Labute approximate surface area is 112 Å². The first-order valence-electron chi connectivity index (χ1n) is 6.97. The van der Waals surface area contributed by atoms with Crippen LogP contribution >= 0.6 is 0 Å². The molecule has 0 radical (unpaired) electrons. The normalized spacial score (nSPS) is 14.5. The van der Waals surface area contributed by atoms with Crippen LogP contribution in [0.5, 0.6) is 0 Å². The Bertz CT molecular complexity index is 362. The number of hydrogen-bond acceptors (Lipinski definition) is 2. The lowest BCUT2D eigenvalue weighted by Crippen LogP contribution is -2.40. The molecule has 0 aromatic heterocycles. The third kappa shape index (κ3) is 4.11. The van der Waals surface area contributed by atoms with E-state index in [-0.39, 0.29) is 0 Å². The Morgan fingerprint density at radius 2 is 1.89 bits per heavy atom. The van der Waals surface area contributed by atoms with E-state index >= 15 is 0 Å². The van der Waals surface area contributed by atoms with Gasteiger partial charge in [-0.1, -0.05) is 25.1 Å². The lowest BCUT2D eigenvalue weighted by Gasteiger charge is -2.26. The average molecular weight is 249 g/mol. The van der Waals surface area contributed by atoms with Crippen LogP contribution in [0.3, 0.4) is 0 Å². The highest BCUT2D eigenvalue weighted by Crippen LogP contribution is 2.15. The second-order valence-corrected chi connectivity index (χ2v) is 4.92. The van der Waals surface area contributed by atoms with Gasteiger partial charge in [0.05, 0.1) is 6.10 Å². The first-order chi connectivity index (χ1) is 8.62. The molecule has 2 unspecified atom stereocenters. The summed E-state index contributed by atoms with van der Waals surface area (Å²) in [6, 6.07) is 7.11. The maximum Gasteiger partial charge on any atom is 0.0728 e. The lowest BCUT2D eigenvalue weighted by molar-refractivity contribution is 0.0339. The minimum atomic E-state index is 0.293. The number of hydrogen-bond donors (Lipinski definition) is 1. The van der Waals surface area contributed by atoms with Crippen molar-refractivity contribution >= 4 is 0 Å². The molecule has 1 rings (SSSR count). The fraction of sp³-hybridized carbons (Fsp3) is 0.625. The molecular formula is C16H27NO. The van der Waals surface area contributed by atoms with Crippen molar-refractivity contribution in [3.8, 4) is 0 Å². The van der Waals surface area contributed by atoms with Crippen LogP contribution in [0.25, 0.3) is 0 Å². The van der Waals surface area contributed by atoms with Gasteiger partial charge in [-0.25, -0.2) is 0 Å². The molecule has 0 saturated heterocycles. The molecule has 18 heavy (non-hydrogen) atoms. The van der Waals surface area contributed by atoms with Crippen LogP contribution in [0.1, 0.15) is 37.0 Å². The second kappa shape index (κ2) is 7.55. The van der Waals surface area contributed by atoms with Crippen LogP contribution in [-0.4, -0.2) is 25.8 Å². The van der Waals surface area contributed by atoms with Crippen molar-refractivity contribution in [2.24, 2.45) is 0 Å². The molecule has 0 aliphatic heterocycles. The van der Waals surface area contributed by atoms with Gasteiger partial charge in [-0.15, -0.1) is 0 Å². The summed E-state index contributed by atoms with van der Waals surface area (Å²) in [5.74, 6) is 0. The van der Waals surface area contributed by atoms with E-state index in [1.54, 1.807) is 0 Å². The van der Waals surface area contributed by atoms with Crippen LogP contribution in [0.2, 0.25) is 0 Å². The monoisotopic (exact) mass is 249 g/mol. The summed E-state index contributed by atoms with van der Waals surface area (Å²) in [7, 11) is 2.02. The largest absolute Gasteiger partial charge is 0.377 e. The standard InChI is InChI=1S/C16H27NO/c1-6-16(18-7-2)15(17-5)11-14-9-8-12(3)13(4)10-14/h8-10,15-17H,6-7,11H2,1-5H3. The highest BCUT2D eigenvalue weighted by atomic mass is 16.5. The third-order valence-corrected chi connectivity index (χ3v) is 3.63. The maximum atomic E-state index is 5.81. The molecular weight excluding hydrogens is 222 g/mol. The Kier molecular flexibility index (Phi) is 6.37. The zero-order valence-electron chi connectivity index (χ0n) is 12.4. The highest BCUT2D eigenvalue weighted by Gasteiger charge is 2.18. The van der Waals surface area contributed by atoms with Gasteiger partial charge in [0.1, 0.15) is 0 Å².